The molecule has 4 nitrogen and oxygen atoms in total. The van der Waals surface area contributed by atoms with Crippen LogP contribution in [0.1, 0.15) is 12.8 Å². The third kappa shape index (κ3) is 2.96. The summed E-state index contributed by atoms with van der Waals surface area (Å²) < 4.78 is 11.8. The van der Waals surface area contributed by atoms with E-state index in [0.29, 0.717) is 22.0 Å². The third-order valence-corrected chi connectivity index (χ3v) is 3.95. The van der Waals surface area contributed by atoms with Gasteiger partial charge < -0.3 is 5.32 Å². The van der Waals surface area contributed by atoms with Gasteiger partial charge in [0.25, 0.3) is 0 Å². The minimum absolute atomic E-state index is 0.328. The molecule has 0 bridgehead atoms. The van der Waals surface area contributed by atoms with E-state index in [4.69, 9.17) is 11.6 Å². The van der Waals surface area contributed by atoms with E-state index < -0.39 is 10.8 Å². The van der Waals surface area contributed by atoms with Crippen molar-refractivity contribution in [2.24, 2.45) is 0 Å². The first-order valence-electron chi connectivity index (χ1n) is 4.87. The Hall–Kier alpha value is -0.520. The monoisotopic (exact) mass is 245 g/mol. The molecule has 2 rings (SSSR count). The standard InChI is InChI=1S/C9H12ClN3OS/c10-8-3-4-9(13-12-8)15(14)6-7-2-1-5-11-7/h3-4,7,11H,1-2,5-6H2/t7-,15-/m1/s1. The lowest BCUT2D eigenvalue weighted by Gasteiger charge is -2.08. The van der Waals surface area contributed by atoms with Crippen molar-refractivity contribution in [1.82, 2.24) is 15.5 Å². The molecule has 0 amide bonds. The first kappa shape index (κ1) is 11.0. The maximum Gasteiger partial charge on any atom is 0.151 e. The molecule has 1 aromatic rings. The number of nitrogens with one attached hydrogen (secondary N) is 1. The van der Waals surface area contributed by atoms with Gasteiger partial charge in [-0.25, -0.2) is 0 Å². The lowest BCUT2D eigenvalue weighted by molar-refractivity contribution is 0.640. The largest absolute Gasteiger partial charge is 0.313 e. The van der Waals surface area contributed by atoms with Crippen LogP contribution in [0.25, 0.3) is 0 Å². The number of hydrogen-bond donors (Lipinski definition) is 1. The van der Waals surface area contributed by atoms with Gasteiger partial charge >= 0.3 is 0 Å². The summed E-state index contributed by atoms with van der Waals surface area (Å²) in [6, 6.07) is 3.63. The van der Waals surface area contributed by atoms with Crippen molar-refractivity contribution in [3.05, 3.63) is 17.3 Å². The van der Waals surface area contributed by atoms with Gasteiger partial charge in [0, 0.05) is 11.8 Å². The molecular weight excluding hydrogens is 234 g/mol. The Morgan fingerprint density at radius 1 is 1.53 bits per heavy atom. The zero-order chi connectivity index (χ0) is 10.7. The zero-order valence-corrected chi connectivity index (χ0v) is 9.72. The average Bonchev–Trinajstić information content (AvgIpc) is 2.71. The molecule has 2 heterocycles. The Morgan fingerprint density at radius 3 is 3.00 bits per heavy atom. The second-order valence-electron chi connectivity index (χ2n) is 3.50. The zero-order valence-electron chi connectivity index (χ0n) is 8.15. The van der Waals surface area contributed by atoms with Crippen LogP contribution >= 0.6 is 11.6 Å². The van der Waals surface area contributed by atoms with Gasteiger partial charge in [-0.1, -0.05) is 11.6 Å². The molecule has 0 aliphatic carbocycles. The molecule has 1 saturated heterocycles. The summed E-state index contributed by atoms with van der Waals surface area (Å²) in [5, 5.41) is 11.6. The molecule has 1 aliphatic rings. The van der Waals surface area contributed by atoms with Crippen LogP contribution in [0.5, 0.6) is 0 Å². The van der Waals surface area contributed by atoms with E-state index in [1.807, 2.05) is 0 Å². The first-order valence-corrected chi connectivity index (χ1v) is 6.56. The smallest absolute Gasteiger partial charge is 0.151 e. The fourth-order valence-electron chi connectivity index (χ4n) is 1.59. The topological polar surface area (TPSA) is 54.9 Å². The molecule has 0 aromatic carbocycles. The molecule has 82 valence electrons. The third-order valence-electron chi connectivity index (χ3n) is 2.36. The van der Waals surface area contributed by atoms with Crippen LogP contribution < -0.4 is 5.32 Å². The Bertz CT molecular complexity index is 351. The summed E-state index contributed by atoms with van der Waals surface area (Å²) in [7, 11) is -1.08. The van der Waals surface area contributed by atoms with E-state index in [2.05, 4.69) is 15.5 Å². The molecule has 0 saturated carbocycles. The fraction of sp³-hybridized carbons (Fsp3) is 0.556. The molecule has 1 aromatic heterocycles. The number of aromatic nitrogens is 2. The molecular formula is C9H12ClN3OS. The van der Waals surface area contributed by atoms with Crippen LogP contribution in [-0.4, -0.2) is 32.7 Å². The molecule has 0 spiro atoms. The summed E-state index contributed by atoms with van der Waals surface area (Å²) in [5.41, 5.74) is 0. The van der Waals surface area contributed by atoms with Gasteiger partial charge in [-0.2, -0.15) is 0 Å². The molecule has 2 atom stereocenters. The Morgan fingerprint density at radius 2 is 2.40 bits per heavy atom. The quantitative estimate of drug-likeness (QED) is 0.863. The van der Waals surface area contributed by atoms with Crippen molar-refractivity contribution in [3.63, 3.8) is 0 Å². The van der Waals surface area contributed by atoms with E-state index >= 15 is 0 Å². The number of hydrogen-bond acceptors (Lipinski definition) is 4. The highest BCUT2D eigenvalue weighted by molar-refractivity contribution is 7.85. The second-order valence-corrected chi connectivity index (χ2v) is 5.33. The Balaban J connectivity index is 1.98. The van der Waals surface area contributed by atoms with Crippen molar-refractivity contribution in [3.8, 4) is 0 Å². The minimum atomic E-state index is -1.08. The van der Waals surface area contributed by atoms with Crippen molar-refractivity contribution in [2.75, 3.05) is 12.3 Å². The van der Waals surface area contributed by atoms with Crippen molar-refractivity contribution >= 4 is 22.4 Å². The number of halogens is 1. The van der Waals surface area contributed by atoms with Gasteiger partial charge in [-0.05, 0) is 31.5 Å². The SMILES string of the molecule is O=[S@](C[C@H]1CCCN1)c1ccc(Cl)nn1. The fourth-order valence-corrected chi connectivity index (χ4v) is 2.87. The average molecular weight is 246 g/mol. The number of nitrogens with zero attached hydrogens (tertiary/aromatic N) is 2. The second kappa shape index (κ2) is 5.01. The number of rotatable bonds is 3. The highest BCUT2D eigenvalue weighted by Crippen LogP contribution is 2.11. The van der Waals surface area contributed by atoms with Crippen molar-refractivity contribution < 1.29 is 4.21 Å². The summed E-state index contributed by atoms with van der Waals surface area (Å²) >= 11 is 5.60. The highest BCUT2D eigenvalue weighted by Gasteiger charge is 2.18. The van der Waals surface area contributed by atoms with Gasteiger partial charge in [-0.15, -0.1) is 10.2 Å². The van der Waals surface area contributed by atoms with Crippen LogP contribution in [0, 0.1) is 0 Å². The molecule has 15 heavy (non-hydrogen) atoms. The van der Waals surface area contributed by atoms with E-state index in [1.165, 1.54) is 0 Å². The maximum absolute atomic E-state index is 11.8. The van der Waals surface area contributed by atoms with Gasteiger partial charge in [0.1, 0.15) is 5.03 Å². The minimum Gasteiger partial charge on any atom is -0.313 e. The van der Waals surface area contributed by atoms with Crippen LogP contribution in [-0.2, 0) is 10.8 Å². The van der Waals surface area contributed by atoms with Gasteiger partial charge in [0.05, 0.1) is 10.8 Å². The molecule has 1 N–H and O–H groups in total. The van der Waals surface area contributed by atoms with E-state index in [0.717, 1.165) is 19.4 Å². The van der Waals surface area contributed by atoms with E-state index in [9.17, 15) is 4.21 Å². The van der Waals surface area contributed by atoms with Crippen LogP contribution in [0.4, 0.5) is 0 Å². The van der Waals surface area contributed by atoms with Crippen molar-refractivity contribution in [2.45, 2.75) is 23.9 Å². The summed E-state index contributed by atoms with van der Waals surface area (Å²) in [6.45, 7) is 1.02. The lowest BCUT2D eigenvalue weighted by Crippen LogP contribution is -2.27. The van der Waals surface area contributed by atoms with E-state index in [1.54, 1.807) is 12.1 Å². The predicted octanol–water partition coefficient (Wildman–Crippen LogP) is 0.990. The Labute approximate surface area is 95.9 Å². The van der Waals surface area contributed by atoms with Crippen LogP contribution in [0.15, 0.2) is 17.2 Å². The molecule has 0 unspecified atom stereocenters. The van der Waals surface area contributed by atoms with Crippen molar-refractivity contribution in [1.29, 1.82) is 0 Å². The summed E-state index contributed by atoms with van der Waals surface area (Å²) in [4.78, 5) is 0. The molecule has 1 fully saturated rings. The van der Waals surface area contributed by atoms with Gasteiger partial charge in [0.15, 0.2) is 5.15 Å². The highest BCUT2D eigenvalue weighted by atomic mass is 35.5. The Kier molecular flexibility index (Phi) is 3.66. The van der Waals surface area contributed by atoms with Gasteiger partial charge in [0.2, 0.25) is 0 Å². The van der Waals surface area contributed by atoms with Crippen LogP contribution in [0.2, 0.25) is 5.15 Å². The molecule has 6 heteroatoms. The lowest BCUT2D eigenvalue weighted by atomic mass is 10.3. The molecule has 0 radical (unpaired) electrons. The van der Waals surface area contributed by atoms with Crippen LogP contribution in [0.3, 0.4) is 0 Å². The first-order chi connectivity index (χ1) is 7.25. The molecule has 1 aliphatic heterocycles. The van der Waals surface area contributed by atoms with Gasteiger partial charge in [-0.3, -0.25) is 4.21 Å². The summed E-state index contributed by atoms with van der Waals surface area (Å²) in [6.07, 6.45) is 2.25. The normalized spacial score (nSPS) is 22.9. The predicted molar refractivity (Wildman–Crippen MR) is 59.3 cm³/mol. The summed E-state index contributed by atoms with van der Waals surface area (Å²) in [5.74, 6) is 0.607. The van der Waals surface area contributed by atoms with E-state index in [-0.39, 0.29) is 0 Å². The maximum atomic E-state index is 11.8.